The number of benzene rings is 1. The monoisotopic (exact) mass is 410 g/mol. The van der Waals surface area contributed by atoms with Gasteiger partial charge in [-0.15, -0.1) is 0 Å². The third-order valence-corrected chi connectivity index (χ3v) is 7.76. The molecule has 0 radical (unpaired) electrons. The Kier molecular flexibility index (Phi) is 5.36. The lowest BCUT2D eigenvalue weighted by Gasteiger charge is -2.45. The van der Waals surface area contributed by atoms with Crippen LogP contribution in [0, 0.1) is 12.8 Å². The first kappa shape index (κ1) is 20.1. The van der Waals surface area contributed by atoms with Crippen LogP contribution >= 0.6 is 0 Å². The highest BCUT2D eigenvalue weighted by atomic mass is 16.4. The number of aryl methyl sites for hydroxylation is 2. The summed E-state index contributed by atoms with van der Waals surface area (Å²) in [6.07, 6.45) is 9.24. The molecule has 2 unspecified atom stereocenters. The van der Waals surface area contributed by atoms with Crippen molar-refractivity contribution in [3.05, 3.63) is 38.7 Å². The van der Waals surface area contributed by atoms with Gasteiger partial charge in [-0.3, -0.25) is 0 Å². The van der Waals surface area contributed by atoms with E-state index in [2.05, 4.69) is 16.8 Å². The molecule has 1 aromatic carbocycles. The van der Waals surface area contributed by atoms with Crippen LogP contribution in [0.1, 0.15) is 60.8 Å². The second-order valence-electron chi connectivity index (χ2n) is 9.79. The zero-order valence-electron chi connectivity index (χ0n) is 18.4. The van der Waals surface area contributed by atoms with Gasteiger partial charge in [-0.25, -0.2) is 4.79 Å². The summed E-state index contributed by atoms with van der Waals surface area (Å²) in [4.78, 5) is 17.4. The van der Waals surface area contributed by atoms with Crippen LogP contribution < -0.4 is 5.63 Å². The van der Waals surface area contributed by atoms with E-state index in [0.29, 0.717) is 17.3 Å². The summed E-state index contributed by atoms with van der Waals surface area (Å²) in [5, 5.41) is 12.0. The maximum absolute atomic E-state index is 12.3. The van der Waals surface area contributed by atoms with E-state index in [1.165, 1.54) is 45.2 Å². The lowest BCUT2D eigenvalue weighted by molar-refractivity contribution is 0.0434. The maximum Gasteiger partial charge on any atom is 0.339 e. The summed E-state index contributed by atoms with van der Waals surface area (Å²) in [7, 11) is 2.18. The number of hydrogen-bond acceptors (Lipinski definition) is 5. The van der Waals surface area contributed by atoms with E-state index in [1.54, 1.807) is 0 Å². The molecule has 0 amide bonds. The minimum atomic E-state index is -0.229. The predicted molar refractivity (Wildman–Crippen MR) is 119 cm³/mol. The molecule has 5 heteroatoms. The molecule has 2 fully saturated rings. The lowest BCUT2D eigenvalue weighted by atomic mass is 9.83. The second-order valence-corrected chi connectivity index (χ2v) is 9.79. The number of rotatable bonds is 4. The van der Waals surface area contributed by atoms with Gasteiger partial charge in [0.2, 0.25) is 0 Å². The minimum absolute atomic E-state index is 0.229. The normalized spacial score (nSPS) is 24.4. The van der Waals surface area contributed by atoms with Crippen LogP contribution in [0.5, 0.6) is 5.75 Å². The molecule has 2 atom stereocenters. The maximum atomic E-state index is 12.3. The van der Waals surface area contributed by atoms with Crippen molar-refractivity contribution in [2.45, 2.75) is 70.9 Å². The molecule has 2 aromatic rings. The van der Waals surface area contributed by atoms with Crippen molar-refractivity contribution in [1.29, 1.82) is 0 Å². The Balaban J connectivity index is 1.41. The van der Waals surface area contributed by atoms with E-state index in [4.69, 9.17) is 4.42 Å². The summed E-state index contributed by atoms with van der Waals surface area (Å²) < 4.78 is 5.57. The smallest absolute Gasteiger partial charge is 0.339 e. The van der Waals surface area contributed by atoms with Gasteiger partial charge in [-0.2, -0.15) is 0 Å². The van der Waals surface area contributed by atoms with Gasteiger partial charge in [0.05, 0.1) is 5.39 Å². The molecular formula is C25H34N2O3. The molecule has 30 heavy (non-hydrogen) atoms. The molecule has 3 aliphatic rings. The van der Waals surface area contributed by atoms with Gasteiger partial charge in [0.25, 0.3) is 0 Å². The topological polar surface area (TPSA) is 56.9 Å². The van der Waals surface area contributed by atoms with Crippen LogP contribution in [-0.4, -0.2) is 47.6 Å². The Bertz CT molecular complexity index is 1010. The van der Waals surface area contributed by atoms with Crippen LogP contribution in [0.3, 0.4) is 0 Å². The van der Waals surface area contributed by atoms with Crippen molar-refractivity contribution >= 4 is 11.0 Å². The van der Waals surface area contributed by atoms with Crippen LogP contribution in [0.25, 0.3) is 11.0 Å². The predicted octanol–water partition coefficient (Wildman–Crippen LogP) is 3.99. The van der Waals surface area contributed by atoms with Gasteiger partial charge in [0, 0.05) is 30.3 Å². The number of phenolic OH excluding ortho intramolecular Hbond substituents is 1. The molecule has 1 aromatic heterocycles. The Morgan fingerprint density at radius 2 is 1.93 bits per heavy atom. The van der Waals surface area contributed by atoms with E-state index in [-0.39, 0.29) is 5.63 Å². The van der Waals surface area contributed by atoms with Crippen molar-refractivity contribution in [3.63, 3.8) is 0 Å². The highest BCUT2D eigenvalue weighted by molar-refractivity contribution is 5.90. The zero-order chi connectivity index (χ0) is 20.8. The molecule has 2 aliphatic heterocycles. The van der Waals surface area contributed by atoms with E-state index in [9.17, 15) is 9.90 Å². The summed E-state index contributed by atoms with van der Waals surface area (Å²) in [6, 6.07) is 2.68. The molecule has 1 aliphatic carbocycles. The van der Waals surface area contributed by atoms with Gasteiger partial charge in [-0.05, 0) is 95.1 Å². The molecule has 3 heterocycles. The number of nitrogens with zero attached hydrogens (tertiary/aromatic N) is 2. The molecule has 2 saturated heterocycles. The standard InChI is InChI=1S/C25H34N2O3/c1-16-13-22-23(18-8-5-9-19(18)25(29)30-22)24(28)20(16)15-26(2)14-17-7-6-12-27-11-4-3-10-21(17)27/h13,17,21,28H,3-12,14-15H2,1-2H3. The second kappa shape index (κ2) is 8.01. The van der Waals surface area contributed by atoms with Gasteiger partial charge >= 0.3 is 5.63 Å². The fourth-order valence-corrected chi connectivity index (χ4v) is 6.31. The van der Waals surface area contributed by atoms with Gasteiger partial charge in [0.1, 0.15) is 11.3 Å². The van der Waals surface area contributed by atoms with Crippen molar-refractivity contribution < 1.29 is 9.52 Å². The molecule has 5 rings (SSSR count). The summed E-state index contributed by atoms with van der Waals surface area (Å²) in [6.45, 7) is 6.35. The number of hydrogen-bond donors (Lipinski definition) is 1. The van der Waals surface area contributed by atoms with Crippen molar-refractivity contribution in [2.75, 3.05) is 26.7 Å². The first-order valence-electron chi connectivity index (χ1n) is 11.8. The van der Waals surface area contributed by atoms with Crippen molar-refractivity contribution in [2.24, 2.45) is 5.92 Å². The first-order valence-corrected chi connectivity index (χ1v) is 11.8. The summed E-state index contributed by atoms with van der Waals surface area (Å²) >= 11 is 0. The average Bonchev–Trinajstić information content (AvgIpc) is 3.22. The Labute approximate surface area is 178 Å². The van der Waals surface area contributed by atoms with Crippen LogP contribution in [-0.2, 0) is 19.4 Å². The van der Waals surface area contributed by atoms with E-state index < -0.39 is 0 Å². The van der Waals surface area contributed by atoms with Gasteiger partial charge in [-0.1, -0.05) is 6.42 Å². The van der Waals surface area contributed by atoms with E-state index >= 15 is 0 Å². The number of phenols is 1. The van der Waals surface area contributed by atoms with Crippen LogP contribution in [0.2, 0.25) is 0 Å². The van der Waals surface area contributed by atoms with Gasteiger partial charge < -0.3 is 19.3 Å². The first-order chi connectivity index (χ1) is 14.5. The molecule has 0 saturated carbocycles. The fourth-order valence-electron chi connectivity index (χ4n) is 6.31. The van der Waals surface area contributed by atoms with Crippen molar-refractivity contribution in [3.8, 4) is 5.75 Å². The SMILES string of the molecule is Cc1cc2oc(=O)c3c(c2c(O)c1CN(C)CC1CCCN2CCCCC12)CCC3. The van der Waals surface area contributed by atoms with E-state index in [0.717, 1.165) is 66.0 Å². The number of aromatic hydroxyl groups is 1. The van der Waals surface area contributed by atoms with Crippen LogP contribution in [0.15, 0.2) is 15.3 Å². The summed E-state index contributed by atoms with van der Waals surface area (Å²) in [5.41, 5.74) is 4.05. The third-order valence-electron chi connectivity index (χ3n) is 7.76. The highest BCUT2D eigenvalue weighted by Gasteiger charge is 2.33. The summed E-state index contributed by atoms with van der Waals surface area (Å²) in [5.74, 6) is 1.04. The number of piperidine rings is 2. The van der Waals surface area contributed by atoms with E-state index in [1.807, 2.05) is 13.0 Å². The zero-order valence-corrected chi connectivity index (χ0v) is 18.4. The molecule has 0 bridgehead atoms. The number of fused-ring (bicyclic) bond motifs is 4. The van der Waals surface area contributed by atoms with Crippen LogP contribution in [0.4, 0.5) is 0 Å². The fraction of sp³-hybridized carbons (Fsp3) is 0.640. The molecule has 0 spiro atoms. The highest BCUT2D eigenvalue weighted by Crippen LogP contribution is 2.38. The Hall–Kier alpha value is -1.85. The average molecular weight is 411 g/mol. The molecular weight excluding hydrogens is 376 g/mol. The molecule has 5 nitrogen and oxygen atoms in total. The Morgan fingerprint density at radius 1 is 1.13 bits per heavy atom. The molecule has 1 N–H and O–H groups in total. The third kappa shape index (κ3) is 3.46. The van der Waals surface area contributed by atoms with Gasteiger partial charge in [0.15, 0.2) is 0 Å². The quantitative estimate of drug-likeness (QED) is 0.773. The minimum Gasteiger partial charge on any atom is -0.507 e. The largest absolute Gasteiger partial charge is 0.507 e. The Morgan fingerprint density at radius 3 is 2.80 bits per heavy atom. The van der Waals surface area contributed by atoms with Crippen molar-refractivity contribution in [1.82, 2.24) is 9.80 Å². The lowest BCUT2D eigenvalue weighted by Crippen LogP contribution is -2.50. The molecule has 162 valence electrons.